The summed E-state index contributed by atoms with van der Waals surface area (Å²) >= 11 is 0. The largest absolute Gasteiger partial charge is 0.343 e. The number of nitrogens with one attached hydrogen (secondary N) is 1. The van der Waals surface area contributed by atoms with Gasteiger partial charge in [0.05, 0.1) is 0 Å². The molecule has 2 aliphatic rings. The maximum Gasteiger partial charge on any atom is 0.222 e. The van der Waals surface area contributed by atoms with Gasteiger partial charge in [-0.3, -0.25) is 4.79 Å². The van der Waals surface area contributed by atoms with Gasteiger partial charge >= 0.3 is 0 Å². The van der Waals surface area contributed by atoms with Crippen LogP contribution >= 0.6 is 0 Å². The van der Waals surface area contributed by atoms with E-state index in [0.29, 0.717) is 18.0 Å². The fourth-order valence-corrected chi connectivity index (χ4v) is 3.15. The third kappa shape index (κ3) is 3.70. The minimum Gasteiger partial charge on any atom is -0.343 e. The Labute approximate surface area is 105 Å². The molecule has 1 saturated heterocycles. The standard InChI is InChI=1S/C14H26N2O/c1-16(13-7-3-2-4-8-13)14(17)10-9-12-6-5-11-15-12/h12-13,15H,2-11H2,1H3. The summed E-state index contributed by atoms with van der Waals surface area (Å²) in [5, 5.41) is 3.46. The average molecular weight is 238 g/mol. The molecule has 17 heavy (non-hydrogen) atoms. The molecule has 1 N–H and O–H groups in total. The Morgan fingerprint density at radius 1 is 1.18 bits per heavy atom. The van der Waals surface area contributed by atoms with Crippen LogP contribution in [0.15, 0.2) is 0 Å². The van der Waals surface area contributed by atoms with E-state index in [-0.39, 0.29) is 0 Å². The molecule has 3 heteroatoms. The highest BCUT2D eigenvalue weighted by molar-refractivity contribution is 5.76. The molecule has 98 valence electrons. The number of rotatable bonds is 4. The van der Waals surface area contributed by atoms with Gasteiger partial charge in [-0.1, -0.05) is 19.3 Å². The Hall–Kier alpha value is -0.570. The van der Waals surface area contributed by atoms with Crippen LogP contribution in [0.2, 0.25) is 0 Å². The second kappa shape index (κ2) is 6.39. The summed E-state index contributed by atoms with van der Waals surface area (Å²) in [7, 11) is 2.00. The van der Waals surface area contributed by atoms with Crippen molar-refractivity contribution in [3.8, 4) is 0 Å². The van der Waals surface area contributed by atoms with E-state index >= 15 is 0 Å². The van der Waals surface area contributed by atoms with Crippen molar-refractivity contribution in [2.75, 3.05) is 13.6 Å². The molecular formula is C14H26N2O. The van der Waals surface area contributed by atoms with Gasteiger partial charge in [0.2, 0.25) is 5.91 Å². The molecule has 1 aliphatic carbocycles. The van der Waals surface area contributed by atoms with Gasteiger partial charge in [-0.15, -0.1) is 0 Å². The van der Waals surface area contributed by atoms with Crippen LogP contribution in [0.25, 0.3) is 0 Å². The predicted molar refractivity (Wildman–Crippen MR) is 69.9 cm³/mol. The minimum absolute atomic E-state index is 0.352. The van der Waals surface area contributed by atoms with Gasteiger partial charge in [-0.2, -0.15) is 0 Å². The van der Waals surface area contributed by atoms with E-state index in [1.807, 2.05) is 11.9 Å². The minimum atomic E-state index is 0.352. The molecule has 0 aromatic carbocycles. The summed E-state index contributed by atoms with van der Waals surface area (Å²) < 4.78 is 0. The van der Waals surface area contributed by atoms with Gasteiger partial charge in [0.25, 0.3) is 0 Å². The lowest BCUT2D eigenvalue weighted by molar-refractivity contribution is -0.132. The summed E-state index contributed by atoms with van der Waals surface area (Å²) in [5.74, 6) is 0.352. The smallest absolute Gasteiger partial charge is 0.222 e. The summed E-state index contributed by atoms with van der Waals surface area (Å²) in [5.41, 5.74) is 0. The number of carbonyl (C=O) groups excluding carboxylic acids is 1. The summed E-state index contributed by atoms with van der Waals surface area (Å²) in [6.07, 6.45) is 10.6. The lowest BCUT2D eigenvalue weighted by Crippen LogP contribution is -2.38. The van der Waals surface area contributed by atoms with Crippen LogP contribution in [0.3, 0.4) is 0 Å². The molecule has 1 atom stereocenters. The van der Waals surface area contributed by atoms with E-state index in [2.05, 4.69) is 5.32 Å². The van der Waals surface area contributed by atoms with Crippen LogP contribution < -0.4 is 5.32 Å². The summed E-state index contributed by atoms with van der Waals surface area (Å²) in [6.45, 7) is 1.14. The van der Waals surface area contributed by atoms with Crippen LogP contribution in [0.1, 0.15) is 57.8 Å². The number of amides is 1. The number of hydrogen-bond donors (Lipinski definition) is 1. The number of nitrogens with zero attached hydrogens (tertiary/aromatic N) is 1. The van der Waals surface area contributed by atoms with Gasteiger partial charge in [0.1, 0.15) is 0 Å². The summed E-state index contributed by atoms with van der Waals surface area (Å²) in [6, 6.07) is 1.12. The fraction of sp³-hybridized carbons (Fsp3) is 0.929. The number of carbonyl (C=O) groups is 1. The molecule has 1 saturated carbocycles. The quantitative estimate of drug-likeness (QED) is 0.815. The fourth-order valence-electron chi connectivity index (χ4n) is 3.15. The van der Waals surface area contributed by atoms with Crippen molar-refractivity contribution < 1.29 is 4.79 Å². The third-order valence-electron chi connectivity index (χ3n) is 4.38. The van der Waals surface area contributed by atoms with E-state index in [0.717, 1.165) is 19.4 Å². The molecule has 1 heterocycles. The average Bonchev–Trinajstić information content (AvgIpc) is 2.89. The molecule has 0 aromatic rings. The van der Waals surface area contributed by atoms with Crippen LogP contribution in [0, 0.1) is 0 Å². The van der Waals surface area contributed by atoms with Crippen molar-refractivity contribution in [1.82, 2.24) is 10.2 Å². The Morgan fingerprint density at radius 3 is 2.59 bits per heavy atom. The van der Waals surface area contributed by atoms with Crippen LogP contribution in [-0.4, -0.2) is 36.5 Å². The van der Waals surface area contributed by atoms with Gasteiger partial charge in [0.15, 0.2) is 0 Å². The van der Waals surface area contributed by atoms with E-state index in [4.69, 9.17) is 0 Å². The van der Waals surface area contributed by atoms with Crippen molar-refractivity contribution in [1.29, 1.82) is 0 Å². The maximum atomic E-state index is 12.1. The van der Waals surface area contributed by atoms with E-state index in [1.54, 1.807) is 0 Å². The van der Waals surface area contributed by atoms with Gasteiger partial charge in [0, 0.05) is 25.6 Å². The van der Waals surface area contributed by atoms with E-state index < -0.39 is 0 Å². The SMILES string of the molecule is CN(C(=O)CCC1CCCN1)C1CCCCC1. The van der Waals surface area contributed by atoms with Crippen LogP contribution in [0.4, 0.5) is 0 Å². The van der Waals surface area contributed by atoms with Crippen molar-refractivity contribution in [3.63, 3.8) is 0 Å². The Morgan fingerprint density at radius 2 is 1.94 bits per heavy atom. The van der Waals surface area contributed by atoms with E-state index in [1.165, 1.54) is 44.9 Å². The summed E-state index contributed by atoms with van der Waals surface area (Å²) in [4.78, 5) is 14.1. The zero-order valence-electron chi connectivity index (χ0n) is 11.1. The number of hydrogen-bond acceptors (Lipinski definition) is 2. The highest BCUT2D eigenvalue weighted by atomic mass is 16.2. The molecule has 1 amide bonds. The third-order valence-corrected chi connectivity index (χ3v) is 4.38. The monoisotopic (exact) mass is 238 g/mol. The zero-order chi connectivity index (χ0) is 12.1. The topological polar surface area (TPSA) is 32.3 Å². The normalized spacial score (nSPS) is 26.1. The second-order valence-electron chi connectivity index (χ2n) is 5.63. The molecular weight excluding hydrogens is 212 g/mol. The first-order chi connectivity index (χ1) is 8.27. The molecule has 2 fully saturated rings. The molecule has 0 spiro atoms. The molecule has 0 radical (unpaired) electrons. The molecule has 3 nitrogen and oxygen atoms in total. The van der Waals surface area contributed by atoms with Crippen LogP contribution in [0.5, 0.6) is 0 Å². The van der Waals surface area contributed by atoms with Crippen LogP contribution in [-0.2, 0) is 4.79 Å². The molecule has 1 unspecified atom stereocenters. The van der Waals surface area contributed by atoms with E-state index in [9.17, 15) is 4.79 Å². The first kappa shape index (κ1) is 12.9. The lowest BCUT2D eigenvalue weighted by Gasteiger charge is -2.31. The second-order valence-corrected chi connectivity index (χ2v) is 5.63. The Balaban J connectivity index is 1.70. The predicted octanol–water partition coefficient (Wildman–Crippen LogP) is 2.31. The first-order valence-corrected chi connectivity index (χ1v) is 7.26. The van der Waals surface area contributed by atoms with Crippen molar-refractivity contribution in [3.05, 3.63) is 0 Å². The highest BCUT2D eigenvalue weighted by Crippen LogP contribution is 2.22. The molecule has 0 aromatic heterocycles. The molecule has 1 aliphatic heterocycles. The maximum absolute atomic E-state index is 12.1. The lowest BCUT2D eigenvalue weighted by atomic mass is 9.94. The van der Waals surface area contributed by atoms with Gasteiger partial charge < -0.3 is 10.2 Å². The van der Waals surface area contributed by atoms with Gasteiger partial charge in [-0.25, -0.2) is 0 Å². The zero-order valence-corrected chi connectivity index (χ0v) is 11.1. The van der Waals surface area contributed by atoms with Crippen molar-refractivity contribution in [2.45, 2.75) is 69.9 Å². The first-order valence-electron chi connectivity index (χ1n) is 7.26. The van der Waals surface area contributed by atoms with Crippen molar-refractivity contribution in [2.24, 2.45) is 0 Å². The van der Waals surface area contributed by atoms with Gasteiger partial charge in [-0.05, 0) is 38.6 Å². The molecule has 0 bridgehead atoms. The van der Waals surface area contributed by atoms with Crippen molar-refractivity contribution >= 4 is 5.91 Å². The highest BCUT2D eigenvalue weighted by Gasteiger charge is 2.23. The Kier molecular flexibility index (Phi) is 4.84. The Bertz CT molecular complexity index is 243. The molecule has 2 rings (SSSR count).